The van der Waals surface area contributed by atoms with Gasteiger partial charge in [-0.05, 0) is 80.1 Å². The molecule has 1 saturated heterocycles. The first-order valence-electron chi connectivity index (χ1n) is 11.9. The van der Waals surface area contributed by atoms with Gasteiger partial charge in [0, 0.05) is 37.1 Å². The Morgan fingerprint density at radius 1 is 1.20 bits per heavy atom. The van der Waals surface area contributed by atoms with Crippen LogP contribution in [0.25, 0.3) is 16.6 Å². The molecule has 1 amide bonds. The molecule has 3 aromatic rings. The lowest BCUT2D eigenvalue weighted by Crippen LogP contribution is -2.45. The van der Waals surface area contributed by atoms with Crippen LogP contribution in [0.4, 0.5) is 5.69 Å². The SMILES string of the molecule is CNC(=O)c1c2cc(C3CC3)c(N(CCC3CN(C)C3)S(C)(=O)=O)cc2nn1-c1ccc(Cl)cc1. The molecular formula is C25H30ClN5O3S. The van der Waals surface area contributed by atoms with Crippen molar-refractivity contribution >= 4 is 44.1 Å². The Bertz CT molecular complexity index is 1380. The van der Waals surface area contributed by atoms with E-state index in [0.29, 0.717) is 45.5 Å². The molecule has 1 N–H and O–H groups in total. The number of halogens is 1. The van der Waals surface area contributed by atoms with Crippen molar-refractivity contribution in [2.75, 3.05) is 44.3 Å². The fourth-order valence-electron chi connectivity index (χ4n) is 4.96. The molecule has 0 spiro atoms. The van der Waals surface area contributed by atoms with E-state index in [0.717, 1.165) is 37.9 Å². The first kappa shape index (κ1) is 24.1. The number of amides is 1. The Morgan fingerprint density at radius 3 is 2.46 bits per heavy atom. The van der Waals surface area contributed by atoms with Crippen molar-refractivity contribution < 1.29 is 13.2 Å². The topological polar surface area (TPSA) is 87.5 Å². The number of aromatic nitrogens is 2. The highest BCUT2D eigenvalue weighted by Gasteiger charge is 2.33. The quantitative estimate of drug-likeness (QED) is 0.495. The van der Waals surface area contributed by atoms with Gasteiger partial charge in [0.25, 0.3) is 5.91 Å². The summed E-state index contributed by atoms with van der Waals surface area (Å²) in [5.41, 5.74) is 3.35. The highest BCUT2D eigenvalue weighted by molar-refractivity contribution is 7.92. The second-order valence-corrected chi connectivity index (χ2v) is 12.1. The molecule has 1 saturated carbocycles. The number of carbonyl (C=O) groups excluding carboxylic acids is 1. The molecule has 186 valence electrons. The van der Waals surface area contributed by atoms with E-state index in [-0.39, 0.29) is 11.8 Å². The maximum absolute atomic E-state index is 13.0. The van der Waals surface area contributed by atoms with Gasteiger partial charge >= 0.3 is 0 Å². The van der Waals surface area contributed by atoms with Crippen molar-refractivity contribution in [1.29, 1.82) is 0 Å². The Balaban J connectivity index is 1.64. The number of carbonyl (C=O) groups is 1. The van der Waals surface area contributed by atoms with E-state index in [1.54, 1.807) is 28.2 Å². The Labute approximate surface area is 210 Å². The third-order valence-electron chi connectivity index (χ3n) is 6.90. The van der Waals surface area contributed by atoms with E-state index in [4.69, 9.17) is 16.7 Å². The van der Waals surface area contributed by atoms with E-state index in [2.05, 4.69) is 17.3 Å². The molecule has 1 aromatic heterocycles. The third kappa shape index (κ3) is 4.77. The maximum Gasteiger partial charge on any atom is 0.270 e. The number of likely N-dealkylation sites (tertiary alicyclic amines) is 1. The third-order valence-corrected chi connectivity index (χ3v) is 8.33. The maximum atomic E-state index is 13.0. The van der Waals surface area contributed by atoms with Crippen LogP contribution in [0.3, 0.4) is 0 Å². The predicted octanol–water partition coefficient (Wildman–Crippen LogP) is 3.63. The fraction of sp³-hybridized carbons (Fsp3) is 0.440. The van der Waals surface area contributed by atoms with Gasteiger partial charge in [-0.25, -0.2) is 13.1 Å². The van der Waals surface area contributed by atoms with E-state index in [1.807, 2.05) is 24.3 Å². The Kier molecular flexibility index (Phi) is 6.27. The number of nitrogens with zero attached hydrogens (tertiary/aromatic N) is 4. The summed E-state index contributed by atoms with van der Waals surface area (Å²) in [6.45, 7) is 2.42. The van der Waals surface area contributed by atoms with Crippen molar-refractivity contribution in [2.45, 2.75) is 25.2 Å². The Morgan fingerprint density at radius 2 is 1.89 bits per heavy atom. The minimum absolute atomic E-state index is 0.258. The zero-order valence-electron chi connectivity index (χ0n) is 20.2. The average molecular weight is 516 g/mol. The predicted molar refractivity (Wildman–Crippen MR) is 139 cm³/mol. The van der Waals surface area contributed by atoms with E-state index >= 15 is 0 Å². The van der Waals surface area contributed by atoms with Crippen molar-refractivity contribution in [1.82, 2.24) is 20.0 Å². The smallest absolute Gasteiger partial charge is 0.270 e. The van der Waals surface area contributed by atoms with Gasteiger partial charge in [-0.2, -0.15) is 5.10 Å². The minimum atomic E-state index is -3.50. The van der Waals surface area contributed by atoms with Gasteiger partial charge in [0.05, 0.1) is 23.1 Å². The molecule has 0 bridgehead atoms. The molecule has 1 aliphatic heterocycles. The van der Waals surface area contributed by atoms with Gasteiger partial charge < -0.3 is 10.2 Å². The van der Waals surface area contributed by atoms with Crippen molar-refractivity contribution in [3.8, 4) is 5.69 Å². The molecule has 35 heavy (non-hydrogen) atoms. The molecule has 2 aliphatic rings. The van der Waals surface area contributed by atoms with Crippen molar-refractivity contribution in [2.24, 2.45) is 5.92 Å². The fourth-order valence-corrected chi connectivity index (χ4v) is 6.04. The normalized spacial score (nSPS) is 16.9. The van der Waals surface area contributed by atoms with Crippen LogP contribution in [0, 0.1) is 5.92 Å². The monoisotopic (exact) mass is 515 g/mol. The van der Waals surface area contributed by atoms with Crippen LogP contribution in [0.1, 0.15) is 41.2 Å². The van der Waals surface area contributed by atoms with Gasteiger partial charge in [0.15, 0.2) is 0 Å². The van der Waals surface area contributed by atoms with Gasteiger partial charge in [0.2, 0.25) is 10.0 Å². The summed E-state index contributed by atoms with van der Waals surface area (Å²) in [5.74, 6) is 0.525. The summed E-state index contributed by atoms with van der Waals surface area (Å²) in [4.78, 5) is 15.2. The molecule has 8 nitrogen and oxygen atoms in total. The zero-order chi connectivity index (χ0) is 24.9. The highest BCUT2D eigenvalue weighted by Crippen LogP contribution is 2.47. The van der Waals surface area contributed by atoms with Crippen LogP contribution >= 0.6 is 11.6 Å². The van der Waals surface area contributed by atoms with Gasteiger partial charge in [-0.15, -0.1) is 0 Å². The molecule has 0 unspecified atom stereocenters. The standard InChI is InChI=1S/C25H30ClN5O3S/c1-27-25(32)24-21-12-20(17-4-5-17)23(30(35(3,33)34)11-10-16-14-29(2)15-16)13-22(21)28-31(24)19-8-6-18(26)7-9-19/h6-9,12-13,16-17H,4-5,10-11,14-15H2,1-3H3,(H,27,32). The first-order valence-corrected chi connectivity index (χ1v) is 14.1. The van der Waals surface area contributed by atoms with E-state index in [1.165, 1.54) is 6.26 Å². The molecule has 2 heterocycles. The number of benzene rings is 2. The molecule has 0 radical (unpaired) electrons. The lowest BCUT2D eigenvalue weighted by molar-refractivity contribution is 0.0957. The number of nitrogens with one attached hydrogen (secondary N) is 1. The van der Waals surface area contributed by atoms with Gasteiger partial charge in [-0.3, -0.25) is 9.10 Å². The summed E-state index contributed by atoms with van der Waals surface area (Å²) >= 11 is 6.07. The van der Waals surface area contributed by atoms with Gasteiger partial charge in [0.1, 0.15) is 5.69 Å². The van der Waals surface area contributed by atoms with Crippen LogP contribution in [-0.4, -0.2) is 69.0 Å². The van der Waals surface area contributed by atoms with E-state index in [9.17, 15) is 13.2 Å². The number of fused-ring (bicyclic) bond motifs is 1. The summed E-state index contributed by atoms with van der Waals surface area (Å²) in [7, 11) is 0.166. The summed E-state index contributed by atoms with van der Waals surface area (Å²) in [5, 5.41) is 8.76. The average Bonchev–Trinajstić information content (AvgIpc) is 3.57. The number of rotatable bonds is 8. The summed E-state index contributed by atoms with van der Waals surface area (Å²) < 4.78 is 29.0. The second-order valence-electron chi connectivity index (χ2n) is 9.73. The van der Waals surface area contributed by atoms with Crippen molar-refractivity contribution in [3.63, 3.8) is 0 Å². The van der Waals surface area contributed by atoms with Crippen LogP contribution in [0.15, 0.2) is 36.4 Å². The van der Waals surface area contributed by atoms with Gasteiger partial charge in [-0.1, -0.05) is 11.6 Å². The van der Waals surface area contributed by atoms with Crippen LogP contribution in [0.2, 0.25) is 5.02 Å². The minimum Gasteiger partial charge on any atom is -0.354 e. The molecule has 10 heteroatoms. The molecule has 2 fully saturated rings. The number of hydrogen-bond donors (Lipinski definition) is 1. The largest absolute Gasteiger partial charge is 0.354 e. The zero-order valence-corrected chi connectivity index (χ0v) is 21.7. The van der Waals surface area contributed by atoms with Crippen LogP contribution < -0.4 is 9.62 Å². The molecule has 1 aliphatic carbocycles. The number of hydrogen-bond acceptors (Lipinski definition) is 5. The first-order chi connectivity index (χ1) is 16.7. The number of anilines is 1. The van der Waals surface area contributed by atoms with Crippen LogP contribution in [0.5, 0.6) is 0 Å². The second kappa shape index (κ2) is 9.11. The highest BCUT2D eigenvalue weighted by atomic mass is 35.5. The molecule has 5 rings (SSSR count). The van der Waals surface area contributed by atoms with E-state index < -0.39 is 10.0 Å². The molecule has 0 atom stereocenters. The molecule has 2 aromatic carbocycles. The summed E-state index contributed by atoms with van der Waals surface area (Å²) in [6.07, 6.45) is 4.08. The lowest BCUT2D eigenvalue weighted by atomic mass is 9.97. The van der Waals surface area contributed by atoms with Crippen molar-refractivity contribution in [3.05, 3.63) is 52.7 Å². The Hall–Kier alpha value is -2.62. The van der Waals surface area contributed by atoms with Crippen LogP contribution in [-0.2, 0) is 10.0 Å². The lowest BCUT2D eigenvalue weighted by Gasteiger charge is -2.37. The summed E-state index contributed by atoms with van der Waals surface area (Å²) in [6, 6.07) is 10.9. The number of sulfonamides is 1. The molecular weight excluding hydrogens is 486 g/mol.